The average Bonchev–Trinajstić information content (AvgIpc) is 1.11. The minimum Gasteiger partial charge on any atom is -0.383 e. The Morgan fingerprint density at radius 2 is 0.557 bits per heavy atom. The first-order valence-electron chi connectivity index (χ1n) is 28.5. The van der Waals surface area contributed by atoms with E-state index in [4.69, 9.17) is 18.9 Å². The third kappa shape index (κ3) is 13.6. The van der Waals surface area contributed by atoms with E-state index in [1.807, 2.05) is 19.6 Å². The summed E-state index contributed by atoms with van der Waals surface area (Å²) >= 11 is 0. The van der Waals surface area contributed by atoms with Crippen LogP contribution in [0.2, 0.25) is 0 Å². The van der Waals surface area contributed by atoms with Gasteiger partial charge in [0.15, 0.2) is 11.6 Å². The van der Waals surface area contributed by atoms with Crippen molar-refractivity contribution in [3.63, 3.8) is 0 Å². The molecule has 1 aliphatic carbocycles. The number of nitrogens with one attached hydrogen (secondary N) is 4. The van der Waals surface area contributed by atoms with Crippen molar-refractivity contribution in [1.82, 2.24) is 19.6 Å². The first-order chi connectivity index (χ1) is 42.0. The van der Waals surface area contributed by atoms with Crippen LogP contribution in [0.3, 0.4) is 0 Å². The van der Waals surface area contributed by atoms with Gasteiger partial charge in [-0.05, 0) is 95.1 Å². The highest BCUT2D eigenvalue weighted by Gasteiger charge is 2.41. The summed E-state index contributed by atoms with van der Waals surface area (Å²) in [7, 11) is 0. The maximum absolute atomic E-state index is 15.8. The number of benzene rings is 6. The molecule has 4 atom stereocenters. The highest BCUT2D eigenvalue weighted by atomic mass is 19.4. The van der Waals surface area contributed by atoms with E-state index in [0.717, 1.165) is 48.5 Å². The molecule has 0 saturated carbocycles. The van der Waals surface area contributed by atoms with E-state index in [1.54, 1.807) is 48.5 Å². The van der Waals surface area contributed by atoms with Crippen LogP contribution in [-0.4, -0.2) is 136 Å². The zero-order valence-electron chi connectivity index (χ0n) is 46.9. The molecule has 26 heteroatoms. The normalized spacial score (nSPS) is 20.6. The summed E-state index contributed by atoms with van der Waals surface area (Å²) in [6, 6.07) is 25.8. The molecule has 4 aliphatic heterocycles. The molecular formula is C62H60F12N8O6. The second kappa shape index (κ2) is 25.7. The minimum absolute atomic E-state index is 0.0307. The van der Waals surface area contributed by atoms with Gasteiger partial charge in [-0.2, -0.15) is 52.7 Å². The molecule has 4 fully saturated rings. The molecule has 14 nitrogen and oxygen atoms in total. The van der Waals surface area contributed by atoms with Crippen LogP contribution in [0, 0.1) is 0 Å². The number of hydrogen-bond acceptors (Lipinski definition) is 14. The van der Waals surface area contributed by atoms with E-state index in [2.05, 4.69) is 21.3 Å². The number of carbonyl (C=O) groups is 2. The quantitative estimate of drug-likeness (QED) is 0.0540. The van der Waals surface area contributed by atoms with Crippen LogP contribution in [0.4, 0.5) is 75.4 Å². The Labute approximate surface area is 497 Å². The topological polar surface area (TPSA) is 132 Å². The fourth-order valence-electron chi connectivity index (χ4n) is 12.0. The number of carbonyl (C=O) groups excluding carboxylic acids is 2. The first kappa shape index (κ1) is 62.3. The van der Waals surface area contributed by atoms with Gasteiger partial charge in [-0.1, -0.05) is 48.5 Å². The van der Waals surface area contributed by atoms with Crippen LogP contribution in [0.15, 0.2) is 121 Å². The molecule has 0 amide bonds. The smallest absolute Gasteiger partial charge is 0.383 e. The maximum Gasteiger partial charge on any atom is 0.416 e. The number of alkyl halides is 12. The van der Waals surface area contributed by atoms with Gasteiger partial charge in [0, 0.05) is 101 Å². The van der Waals surface area contributed by atoms with Crippen LogP contribution >= 0.6 is 0 Å². The molecule has 5 aliphatic rings. The lowest BCUT2D eigenvalue weighted by Gasteiger charge is -2.29. The van der Waals surface area contributed by atoms with Crippen molar-refractivity contribution in [1.29, 1.82) is 0 Å². The van der Waals surface area contributed by atoms with Gasteiger partial charge in [-0.15, -0.1) is 0 Å². The van der Waals surface area contributed by atoms with E-state index < -0.39 is 83.4 Å². The highest BCUT2D eigenvalue weighted by Crippen LogP contribution is 2.44. The molecule has 4 N–H and O–H groups in total. The van der Waals surface area contributed by atoms with Gasteiger partial charge in [0.2, 0.25) is 0 Å². The number of anilines is 4. The molecule has 6 aromatic rings. The lowest BCUT2D eigenvalue weighted by molar-refractivity contribution is -0.138. The summed E-state index contributed by atoms with van der Waals surface area (Å²) in [5.74, 6) is -1.20. The Balaban J connectivity index is 0.902. The van der Waals surface area contributed by atoms with E-state index >= 15 is 9.59 Å². The maximum atomic E-state index is 15.8. The van der Waals surface area contributed by atoms with E-state index in [0.29, 0.717) is 26.2 Å². The first-order valence-corrected chi connectivity index (χ1v) is 28.5. The third-order valence-corrected chi connectivity index (χ3v) is 16.1. The second-order valence-corrected chi connectivity index (χ2v) is 21.7. The van der Waals surface area contributed by atoms with E-state index in [9.17, 15) is 52.7 Å². The van der Waals surface area contributed by atoms with Gasteiger partial charge in [-0.25, -0.2) is 0 Å². The Hall–Kier alpha value is -7.30. The summed E-state index contributed by atoms with van der Waals surface area (Å²) < 4.78 is 189. The van der Waals surface area contributed by atoms with E-state index in [1.165, 1.54) is 24.3 Å². The number of ether oxygens (including phenoxy) is 4. The van der Waals surface area contributed by atoms with Crippen LogP contribution < -0.4 is 21.3 Å². The van der Waals surface area contributed by atoms with E-state index in [-0.39, 0.29) is 146 Å². The average molecular weight is 1240 g/mol. The predicted octanol–water partition coefficient (Wildman–Crippen LogP) is 12.3. The number of nitrogens with zero attached hydrogens (tertiary/aromatic N) is 4. The number of fused-ring (bicyclic) bond motifs is 2. The zero-order chi connectivity index (χ0) is 62.1. The van der Waals surface area contributed by atoms with Crippen molar-refractivity contribution < 1.29 is 81.2 Å². The lowest BCUT2D eigenvalue weighted by atomic mass is 9.80. The molecule has 0 aromatic heterocycles. The van der Waals surface area contributed by atoms with Crippen LogP contribution in [0.25, 0.3) is 0 Å². The fraction of sp³-hybridized carbons (Fsp3) is 0.387. The molecule has 0 radical (unpaired) electrons. The largest absolute Gasteiger partial charge is 0.416 e. The summed E-state index contributed by atoms with van der Waals surface area (Å²) in [6.45, 7) is 3.57. The third-order valence-electron chi connectivity index (χ3n) is 16.1. The molecule has 4 unspecified atom stereocenters. The Morgan fingerprint density at radius 3 is 0.761 bits per heavy atom. The predicted molar refractivity (Wildman–Crippen MR) is 301 cm³/mol. The van der Waals surface area contributed by atoms with Gasteiger partial charge < -0.3 is 40.2 Å². The molecule has 0 bridgehead atoms. The van der Waals surface area contributed by atoms with Crippen molar-refractivity contribution in [2.45, 2.75) is 49.6 Å². The van der Waals surface area contributed by atoms with Crippen molar-refractivity contribution in [2.24, 2.45) is 0 Å². The van der Waals surface area contributed by atoms with Crippen LogP contribution in [0.1, 0.15) is 101 Å². The van der Waals surface area contributed by atoms with Gasteiger partial charge in [-0.3, -0.25) is 29.2 Å². The fourth-order valence-corrected chi connectivity index (χ4v) is 12.0. The molecule has 4 saturated heterocycles. The second-order valence-electron chi connectivity index (χ2n) is 21.7. The van der Waals surface area contributed by atoms with Crippen molar-refractivity contribution in [3.8, 4) is 0 Å². The number of hydrogen-bond donors (Lipinski definition) is 4. The van der Waals surface area contributed by atoms with Crippen LogP contribution in [0.5, 0.6) is 0 Å². The monoisotopic (exact) mass is 1240 g/mol. The molecule has 88 heavy (non-hydrogen) atoms. The highest BCUT2D eigenvalue weighted by molar-refractivity contribution is 6.35. The van der Waals surface area contributed by atoms with Gasteiger partial charge in [0.05, 0.1) is 70.9 Å². The Bertz CT molecular complexity index is 3060. The number of halogens is 12. The molecule has 6 aromatic carbocycles. The number of ketones is 2. The minimum atomic E-state index is -4.60. The number of rotatable bonds is 20. The Kier molecular flexibility index (Phi) is 18.2. The van der Waals surface area contributed by atoms with Crippen LogP contribution in [-0.2, 0) is 43.7 Å². The summed E-state index contributed by atoms with van der Waals surface area (Å²) in [6.07, 6.45) is -21.7. The standard InChI is InChI=1S/C62H60F12N8O6/c63-59(64,65)41-9-1-5-37(33-41)55-79(25-29-85-55)21-17-75-45-13-14-46(76-18-22-80-26-30-86-56(80)38-6-2-10-42(34-38)60(66,67)68)50-49(45)53(83)51-47(77-19-23-81-27-31-87-57(81)39-7-3-11-43(35-39)61(69,70)71)15-16-48(52(51)54(50)84)78-20-24-82-28-32-88-58(82)40-8-4-12-44(36-40)62(72,73)74/h1-16,33-36,55-58,75-78H,17-32H2. The lowest BCUT2D eigenvalue weighted by Crippen LogP contribution is -2.33. The molecular weight excluding hydrogens is 1180 g/mol. The Morgan fingerprint density at radius 1 is 0.341 bits per heavy atom. The molecule has 0 spiro atoms. The van der Waals surface area contributed by atoms with Gasteiger partial charge in [0.25, 0.3) is 0 Å². The molecule has 4 heterocycles. The van der Waals surface area contributed by atoms with Crippen molar-refractivity contribution in [2.75, 3.05) is 126 Å². The SMILES string of the molecule is O=C1c2c(NCCN3CCOC3c3cccc(C(F)(F)F)c3)ccc(NCCN3CCOC3c3cccc(C(F)(F)F)c3)c2C(=O)c2c(NCCN3CCOC3c3cccc(C(F)(F)F)c3)ccc(NCCN3CCOC3c3cccc(C(F)(F)F)c3)c21. The molecule has 11 rings (SSSR count). The van der Waals surface area contributed by atoms with Crippen molar-refractivity contribution in [3.05, 3.63) is 188 Å². The summed E-state index contributed by atoms with van der Waals surface area (Å²) in [5, 5.41) is 13.2. The van der Waals surface area contributed by atoms with Gasteiger partial charge in [0.1, 0.15) is 24.9 Å². The molecule has 468 valence electrons. The van der Waals surface area contributed by atoms with Crippen molar-refractivity contribution >= 4 is 34.3 Å². The summed E-state index contributed by atoms with van der Waals surface area (Å²) in [4.78, 5) is 38.9. The zero-order valence-corrected chi connectivity index (χ0v) is 46.9. The summed E-state index contributed by atoms with van der Waals surface area (Å²) in [5.41, 5.74) is -1.41. The van der Waals surface area contributed by atoms with Gasteiger partial charge >= 0.3 is 24.7 Å².